The predicted octanol–water partition coefficient (Wildman–Crippen LogP) is 3.01. The number of rotatable bonds is 5. The standard InChI is InChI=1S/C24H26N8O/c1-2-31-22(33)18-14-25-23(28-21(18)32(31)20-8-12-30(29-20)17-4-5-17)27-16-3-6-19-15(13-16)7-11-26-24(19)9-10-24/h3,6,8,12-14,17,26H,2,4-5,7,9-11H2,1H3,(H,25,27,28). The summed E-state index contributed by atoms with van der Waals surface area (Å²) < 4.78 is 5.48. The molecule has 1 spiro atoms. The van der Waals surface area contributed by atoms with Gasteiger partial charge in [0.25, 0.3) is 5.56 Å². The van der Waals surface area contributed by atoms with Crippen molar-refractivity contribution in [2.75, 3.05) is 11.9 Å². The van der Waals surface area contributed by atoms with Crippen LogP contribution in [0.5, 0.6) is 0 Å². The van der Waals surface area contributed by atoms with Gasteiger partial charge in [-0.1, -0.05) is 6.07 Å². The molecular weight excluding hydrogens is 416 g/mol. The van der Waals surface area contributed by atoms with Crippen LogP contribution in [0.3, 0.4) is 0 Å². The molecule has 0 radical (unpaired) electrons. The van der Waals surface area contributed by atoms with Gasteiger partial charge in [-0.15, -0.1) is 0 Å². The van der Waals surface area contributed by atoms with Crippen molar-refractivity contribution in [3.05, 3.63) is 58.1 Å². The summed E-state index contributed by atoms with van der Waals surface area (Å²) in [5.41, 5.74) is 4.46. The summed E-state index contributed by atoms with van der Waals surface area (Å²) in [7, 11) is 0. The van der Waals surface area contributed by atoms with Crippen molar-refractivity contribution in [2.45, 2.75) is 57.2 Å². The van der Waals surface area contributed by atoms with Crippen LogP contribution in [0.25, 0.3) is 16.9 Å². The Balaban J connectivity index is 1.28. The Bertz CT molecular complexity index is 1450. The lowest BCUT2D eigenvalue weighted by molar-refractivity contribution is 0.490. The molecular formula is C24H26N8O. The van der Waals surface area contributed by atoms with Crippen molar-refractivity contribution < 1.29 is 0 Å². The number of fused-ring (bicyclic) bond motifs is 3. The van der Waals surface area contributed by atoms with Crippen LogP contribution in [0.2, 0.25) is 0 Å². The molecule has 4 heterocycles. The van der Waals surface area contributed by atoms with E-state index in [2.05, 4.69) is 33.8 Å². The van der Waals surface area contributed by atoms with Gasteiger partial charge in [0, 0.05) is 42.8 Å². The summed E-state index contributed by atoms with van der Waals surface area (Å²) in [5.74, 6) is 1.18. The van der Waals surface area contributed by atoms with Gasteiger partial charge in [0.05, 0.1) is 6.04 Å². The first-order chi connectivity index (χ1) is 16.1. The maximum atomic E-state index is 13.0. The third kappa shape index (κ3) is 2.95. The monoisotopic (exact) mass is 442 g/mol. The Hall–Kier alpha value is -3.46. The summed E-state index contributed by atoms with van der Waals surface area (Å²) in [4.78, 5) is 22.2. The van der Waals surface area contributed by atoms with Gasteiger partial charge in [-0.05, 0) is 62.3 Å². The third-order valence-corrected chi connectivity index (χ3v) is 7.19. The van der Waals surface area contributed by atoms with Crippen LogP contribution in [0, 0.1) is 0 Å². The zero-order valence-corrected chi connectivity index (χ0v) is 18.6. The average Bonchev–Trinajstić information content (AvgIpc) is 3.75. The summed E-state index contributed by atoms with van der Waals surface area (Å²) in [6.07, 6.45) is 9.37. The van der Waals surface area contributed by atoms with E-state index in [0.717, 1.165) is 31.5 Å². The Kier molecular flexibility index (Phi) is 3.91. The summed E-state index contributed by atoms with van der Waals surface area (Å²) >= 11 is 0. The number of benzene rings is 1. The Labute approximate surface area is 190 Å². The van der Waals surface area contributed by atoms with Crippen LogP contribution in [-0.2, 0) is 18.5 Å². The molecule has 0 bridgehead atoms. The number of aromatic nitrogens is 6. The highest BCUT2D eigenvalue weighted by Crippen LogP contribution is 2.48. The van der Waals surface area contributed by atoms with Gasteiger partial charge < -0.3 is 10.6 Å². The second kappa shape index (κ2) is 6.77. The molecule has 0 amide bonds. The smallest absolute Gasteiger partial charge is 0.278 e. The van der Waals surface area contributed by atoms with Crippen LogP contribution < -0.4 is 16.2 Å². The molecule has 0 atom stereocenters. The topological polar surface area (TPSA) is 94.6 Å². The first kappa shape index (κ1) is 19.0. The first-order valence-electron chi connectivity index (χ1n) is 11.8. The lowest BCUT2D eigenvalue weighted by Gasteiger charge is -2.27. The maximum absolute atomic E-state index is 13.0. The van der Waals surface area contributed by atoms with Crippen LogP contribution in [0.15, 0.2) is 41.5 Å². The van der Waals surface area contributed by atoms with Gasteiger partial charge in [0.2, 0.25) is 5.95 Å². The highest BCUT2D eigenvalue weighted by Gasteiger charge is 2.46. The Morgan fingerprint density at radius 1 is 1.24 bits per heavy atom. The minimum Gasteiger partial charge on any atom is -0.324 e. The fourth-order valence-corrected chi connectivity index (χ4v) is 5.17. The van der Waals surface area contributed by atoms with Gasteiger partial charge in [0.15, 0.2) is 11.5 Å². The SMILES string of the molecule is CCn1c(=O)c2cnc(Nc3ccc4c(c3)CCNC43CC3)nc2n1-c1ccn(C2CC2)n1. The molecule has 1 aliphatic heterocycles. The van der Waals surface area contributed by atoms with Crippen molar-refractivity contribution in [2.24, 2.45) is 0 Å². The van der Waals surface area contributed by atoms with Crippen molar-refractivity contribution in [1.29, 1.82) is 0 Å². The van der Waals surface area contributed by atoms with Crippen molar-refractivity contribution in [3.63, 3.8) is 0 Å². The molecule has 3 aromatic heterocycles. The van der Waals surface area contributed by atoms with Gasteiger partial charge in [-0.25, -0.2) is 14.3 Å². The van der Waals surface area contributed by atoms with Gasteiger partial charge in [-0.2, -0.15) is 10.1 Å². The summed E-state index contributed by atoms with van der Waals surface area (Å²) in [6.45, 7) is 3.49. The van der Waals surface area contributed by atoms with Gasteiger partial charge in [0.1, 0.15) is 5.39 Å². The van der Waals surface area contributed by atoms with E-state index in [1.165, 1.54) is 24.0 Å². The minimum absolute atomic E-state index is 0.101. The molecule has 4 aromatic rings. The van der Waals surface area contributed by atoms with E-state index >= 15 is 0 Å². The fourth-order valence-electron chi connectivity index (χ4n) is 5.17. The second-order valence-corrected chi connectivity index (χ2v) is 9.40. The molecule has 2 fully saturated rings. The second-order valence-electron chi connectivity index (χ2n) is 9.40. The first-order valence-corrected chi connectivity index (χ1v) is 11.8. The molecule has 0 saturated heterocycles. The van der Waals surface area contributed by atoms with E-state index in [-0.39, 0.29) is 11.1 Å². The summed E-state index contributed by atoms with van der Waals surface area (Å²) in [6, 6.07) is 8.96. The lowest BCUT2D eigenvalue weighted by atomic mass is 9.92. The molecule has 7 rings (SSSR count). The van der Waals surface area contributed by atoms with Crippen LogP contribution in [0.4, 0.5) is 11.6 Å². The number of nitrogens with one attached hydrogen (secondary N) is 2. The quantitative estimate of drug-likeness (QED) is 0.493. The molecule has 168 valence electrons. The third-order valence-electron chi connectivity index (χ3n) is 7.19. The largest absolute Gasteiger partial charge is 0.324 e. The molecule has 2 N–H and O–H groups in total. The molecule has 9 nitrogen and oxygen atoms in total. The van der Waals surface area contributed by atoms with E-state index in [9.17, 15) is 4.79 Å². The van der Waals surface area contributed by atoms with Gasteiger partial charge in [-0.3, -0.25) is 9.48 Å². The zero-order chi connectivity index (χ0) is 22.2. The number of hydrogen-bond acceptors (Lipinski definition) is 6. The van der Waals surface area contributed by atoms with Crippen LogP contribution >= 0.6 is 0 Å². The summed E-state index contributed by atoms with van der Waals surface area (Å²) in [5, 5.41) is 12.3. The number of anilines is 2. The molecule has 33 heavy (non-hydrogen) atoms. The predicted molar refractivity (Wildman–Crippen MR) is 125 cm³/mol. The van der Waals surface area contributed by atoms with E-state index in [4.69, 9.17) is 10.1 Å². The van der Waals surface area contributed by atoms with Gasteiger partial charge >= 0.3 is 0 Å². The van der Waals surface area contributed by atoms with E-state index < -0.39 is 0 Å². The van der Waals surface area contributed by atoms with Crippen molar-refractivity contribution in [3.8, 4) is 5.82 Å². The molecule has 1 aromatic carbocycles. The Morgan fingerprint density at radius 2 is 2.12 bits per heavy atom. The van der Waals surface area contributed by atoms with E-state index in [0.29, 0.717) is 35.4 Å². The maximum Gasteiger partial charge on any atom is 0.278 e. The molecule has 0 unspecified atom stereocenters. The van der Waals surface area contributed by atoms with Crippen LogP contribution in [-0.4, -0.2) is 35.7 Å². The molecule has 3 aliphatic rings. The normalized spacial score (nSPS) is 18.6. The van der Waals surface area contributed by atoms with E-state index in [1.807, 2.05) is 28.6 Å². The molecule has 2 aliphatic carbocycles. The lowest BCUT2D eigenvalue weighted by Crippen LogP contribution is -2.36. The highest BCUT2D eigenvalue weighted by atomic mass is 16.1. The molecule has 9 heteroatoms. The average molecular weight is 443 g/mol. The Morgan fingerprint density at radius 3 is 2.91 bits per heavy atom. The number of nitrogens with zero attached hydrogens (tertiary/aromatic N) is 6. The van der Waals surface area contributed by atoms with Crippen molar-refractivity contribution >= 4 is 22.7 Å². The van der Waals surface area contributed by atoms with E-state index in [1.54, 1.807) is 10.9 Å². The number of hydrogen-bond donors (Lipinski definition) is 2. The minimum atomic E-state index is -0.101. The van der Waals surface area contributed by atoms with Crippen LogP contribution in [0.1, 0.15) is 49.8 Å². The zero-order valence-electron chi connectivity index (χ0n) is 18.6. The van der Waals surface area contributed by atoms with Crippen molar-refractivity contribution in [1.82, 2.24) is 34.4 Å². The highest BCUT2D eigenvalue weighted by molar-refractivity contribution is 5.77. The molecule has 2 saturated carbocycles. The fraction of sp³-hybridized carbons (Fsp3) is 0.417.